The Morgan fingerprint density at radius 1 is 1.40 bits per heavy atom. The zero-order chi connectivity index (χ0) is 14.8. The number of hydrogen-bond acceptors (Lipinski definition) is 3. The zero-order valence-corrected chi connectivity index (χ0v) is 11.7. The van der Waals surface area contributed by atoms with E-state index in [4.69, 9.17) is 10.4 Å². The normalized spacial score (nSPS) is 10.4. The molecule has 1 aromatic carbocycles. The summed E-state index contributed by atoms with van der Waals surface area (Å²) in [5.41, 5.74) is 1.42. The summed E-state index contributed by atoms with van der Waals surface area (Å²) in [7, 11) is 1.76. The number of unbranched alkanes of at least 4 members (excludes halogenated alkanes) is 2. The molecule has 1 rings (SSSR count). The molecular formula is C16H20N2O2. The van der Waals surface area contributed by atoms with Crippen molar-refractivity contribution in [2.45, 2.75) is 19.3 Å². The summed E-state index contributed by atoms with van der Waals surface area (Å²) in [6.07, 6.45) is 5.82. The molecule has 0 aliphatic heterocycles. The van der Waals surface area contributed by atoms with Gasteiger partial charge in [0.2, 0.25) is 5.91 Å². The van der Waals surface area contributed by atoms with Gasteiger partial charge in [0.25, 0.3) is 0 Å². The third-order valence-electron chi connectivity index (χ3n) is 2.96. The second kappa shape index (κ2) is 8.89. The van der Waals surface area contributed by atoms with Crippen LogP contribution in [-0.2, 0) is 4.79 Å². The van der Waals surface area contributed by atoms with Gasteiger partial charge in [-0.25, -0.2) is 0 Å². The van der Waals surface area contributed by atoms with E-state index < -0.39 is 0 Å². The molecule has 0 atom stereocenters. The van der Waals surface area contributed by atoms with Crippen molar-refractivity contribution in [3.05, 3.63) is 41.5 Å². The lowest BCUT2D eigenvalue weighted by atomic mass is 10.1. The van der Waals surface area contributed by atoms with Gasteiger partial charge < -0.3 is 10.0 Å². The Hall–Kier alpha value is -2.12. The highest BCUT2D eigenvalue weighted by Crippen LogP contribution is 2.06. The Kier molecular flexibility index (Phi) is 7.08. The molecule has 106 valence electrons. The molecule has 4 nitrogen and oxygen atoms in total. The van der Waals surface area contributed by atoms with Gasteiger partial charge in [-0.3, -0.25) is 4.79 Å². The number of rotatable bonds is 7. The number of hydrogen-bond donors (Lipinski definition) is 1. The van der Waals surface area contributed by atoms with Crippen molar-refractivity contribution in [3.8, 4) is 6.07 Å². The number of carbonyl (C=O) groups excluding carboxylic acids is 1. The van der Waals surface area contributed by atoms with Crippen LogP contribution in [-0.4, -0.2) is 36.1 Å². The smallest absolute Gasteiger partial charge is 0.246 e. The molecule has 1 aromatic rings. The Labute approximate surface area is 119 Å². The number of amides is 1. The minimum Gasteiger partial charge on any atom is -0.396 e. The molecule has 1 amide bonds. The van der Waals surface area contributed by atoms with Crippen LogP contribution in [0.15, 0.2) is 30.3 Å². The summed E-state index contributed by atoms with van der Waals surface area (Å²) in [5.74, 6) is -0.0589. The molecule has 0 fully saturated rings. The fraction of sp³-hybridized carbons (Fsp3) is 0.375. The van der Waals surface area contributed by atoms with E-state index in [0.29, 0.717) is 12.1 Å². The van der Waals surface area contributed by atoms with E-state index in [1.807, 2.05) is 6.07 Å². The summed E-state index contributed by atoms with van der Waals surface area (Å²) in [4.78, 5) is 13.5. The highest BCUT2D eigenvalue weighted by Gasteiger charge is 2.03. The van der Waals surface area contributed by atoms with Crippen molar-refractivity contribution < 1.29 is 9.90 Å². The van der Waals surface area contributed by atoms with Crippen molar-refractivity contribution >= 4 is 12.0 Å². The lowest BCUT2D eigenvalue weighted by Gasteiger charge is -2.14. The maximum Gasteiger partial charge on any atom is 0.246 e. The molecule has 0 radical (unpaired) electrons. The molecule has 0 aromatic heterocycles. The van der Waals surface area contributed by atoms with Crippen LogP contribution in [0.1, 0.15) is 30.4 Å². The number of aliphatic hydroxyl groups excluding tert-OH is 1. The van der Waals surface area contributed by atoms with Crippen molar-refractivity contribution in [2.75, 3.05) is 20.2 Å². The van der Waals surface area contributed by atoms with Crippen molar-refractivity contribution in [3.63, 3.8) is 0 Å². The van der Waals surface area contributed by atoms with Crippen LogP contribution in [0.2, 0.25) is 0 Å². The summed E-state index contributed by atoms with van der Waals surface area (Å²) in [6.45, 7) is 0.883. The molecule has 0 aliphatic rings. The average Bonchev–Trinajstić information content (AvgIpc) is 2.49. The summed E-state index contributed by atoms with van der Waals surface area (Å²) >= 11 is 0. The van der Waals surface area contributed by atoms with E-state index in [9.17, 15) is 4.79 Å². The van der Waals surface area contributed by atoms with Crippen LogP contribution in [0, 0.1) is 11.3 Å². The molecule has 0 unspecified atom stereocenters. The third kappa shape index (κ3) is 5.68. The predicted molar refractivity (Wildman–Crippen MR) is 78.8 cm³/mol. The number of aliphatic hydroxyl groups is 1. The van der Waals surface area contributed by atoms with Gasteiger partial charge in [0.05, 0.1) is 11.6 Å². The summed E-state index contributed by atoms with van der Waals surface area (Å²) in [6, 6.07) is 9.18. The van der Waals surface area contributed by atoms with E-state index in [1.165, 1.54) is 6.08 Å². The largest absolute Gasteiger partial charge is 0.396 e. The topological polar surface area (TPSA) is 64.3 Å². The van der Waals surface area contributed by atoms with Crippen LogP contribution >= 0.6 is 0 Å². The maximum absolute atomic E-state index is 11.9. The van der Waals surface area contributed by atoms with Gasteiger partial charge in [-0.15, -0.1) is 0 Å². The minimum atomic E-state index is -0.0589. The van der Waals surface area contributed by atoms with Gasteiger partial charge >= 0.3 is 0 Å². The Morgan fingerprint density at radius 2 is 2.20 bits per heavy atom. The molecular weight excluding hydrogens is 252 g/mol. The van der Waals surface area contributed by atoms with E-state index >= 15 is 0 Å². The van der Waals surface area contributed by atoms with Gasteiger partial charge in [0, 0.05) is 26.3 Å². The van der Waals surface area contributed by atoms with Crippen molar-refractivity contribution in [2.24, 2.45) is 0 Å². The van der Waals surface area contributed by atoms with Gasteiger partial charge in [-0.1, -0.05) is 12.1 Å². The van der Waals surface area contributed by atoms with Crippen molar-refractivity contribution in [1.82, 2.24) is 4.90 Å². The number of likely N-dealkylation sites (N-methyl/N-ethyl adjacent to an activating group) is 1. The lowest BCUT2D eigenvalue weighted by Crippen LogP contribution is -2.25. The van der Waals surface area contributed by atoms with Gasteiger partial charge in [0.15, 0.2) is 0 Å². The highest BCUT2D eigenvalue weighted by molar-refractivity contribution is 5.91. The number of benzene rings is 1. The molecule has 20 heavy (non-hydrogen) atoms. The number of carbonyl (C=O) groups is 1. The second-order valence-electron chi connectivity index (χ2n) is 4.61. The summed E-state index contributed by atoms with van der Waals surface area (Å²) < 4.78 is 0. The average molecular weight is 272 g/mol. The van der Waals surface area contributed by atoms with Crippen molar-refractivity contribution in [1.29, 1.82) is 5.26 Å². The molecule has 0 heterocycles. The van der Waals surface area contributed by atoms with Gasteiger partial charge in [0.1, 0.15) is 0 Å². The van der Waals surface area contributed by atoms with Gasteiger partial charge in [-0.2, -0.15) is 5.26 Å². The second-order valence-corrected chi connectivity index (χ2v) is 4.61. The van der Waals surface area contributed by atoms with Crippen LogP contribution in [0.5, 0.6) is 0 Å². The number of nitrogens with zero attached hydrogens (tertiary/aromatic N) is 2. The molecule has 1 N–H and O–H groups in total. The van der Waals surface area contributed by atoms with Crippen LogP contribution < -0.4 is 0 Å². The Balaban J connectivity index is 2.48. The molecule has 0 aliphatic carbocycles. The first-order valence-electron chi connectivity index (χ1n) is 6.71. The predicted octanol–water partition coefficient (Wildman–Crippen LogP) is 2.19. The number of nitriles is 1. The Bertz CT molecular complexity index is 503. The quantitative estimate of drug-likeness (QED) is 0.611. The fourth-order valence-electron chi connectivity index (χ4n) is 1.75. The Morgan fingerprint density at radius 3 is 2.90 bits per heavy atom. The molecule has 0 bridgehead atoms. The lowest BCUT2D eigenvalue weighted by molar-refractivity contribution is -0.124. The standard InChI is InChI=1S/C16H20N2O2/c1-18(10-3-2-4-11-19)16(20)9-8-14-6-5-7-15(12-14)13-17/h5-9,12,19H,2-4,10-11H2,1H3/b9-8+. The van der Waals surface area contributed by atoms with Crippen LogP contribution in [0.25, 0.3) is 6.08 Å². The highest BCUT2D eigenvalue weighted by atomic mass is 16.2. The third-order valence-corrected chi connectivity index (χ3v) is 2.96. The van der Waals surface area contributed by atoms with E-state index in [2.05, 4.69) is 6.07 Å². The monoisotopic (exact) mass is 272 g/mol. The first-order chi connectivity index (χ1) is 9.67. The molecule has 0 spiro atoms. The van der Waals surface area contributed by atoms with E-state index in [1.54, 1.807) is 36.2 Å². The van der Waals surface area contributed by atoms with E-state index in [0.717, 1.165) is 24.8 Å². The summed E-state index contributed by atoms with van der Waals surface area (Å²) in [5, 5.41) is 17.5. The molecule has 0 saturated carbocycles. The first kappa shape index (κ1) is 15.9. The zero-order valence-electron chi connectivity index (χ0n) is 11.7. The maximum atomic E-state index is 11.9. The van der Waals surface area contributed by atoms with Crippen LogP contribution in [0.3, 0.4) is 0 Å². The minimum absolute atomic E-state index is 0.0589. The molecule has 4 heteroatoms. The van der Waals surface area contributed by atoms with Gasteiger partial charge in [-0.05, 0) is 43.0 Å². The first-order valence-corrected chi connectivity index (χ1v) is 6.71. The fourth-order valence-corrected chi connectivity index (χ4v) is 1.75. The molecule has 0 saturated heterocycles. The SMILES string of the molecule is CN(CCCCCO)C(=O)/C=C/c1cccc(C#N)c1. The van der Waals surface area contributed by atoms with E-state index in [-0.39, 0.29) is 12.5 Å². The van der Waals surface area contributed by atoms with Crippen LogP contribution in [0.4, 0.5) is 0 Å².